The molecule has 12 nitrogen and oxygen atoms in total. The largest absolute Gasteiger partial charge is 0.497 e. The van der Waals surface area contributed by atoms with E-state index in [1.54, 1.807) is 21.1 Å². The van der Waals surface area contributed by atoms with Crippen molar-refractivity contribution in [3.63, 3.8) is 0 Å². The summed E-state index contributed by atoms with van der Waals surface area (Å²) in [5, 5.41) is 11.9. The van der Waals surface area contributed by atoms with Gasteiger partial charge in [0.2, 0.25) is 0 Å². The highest BCUT2D eigenvalue weighted by atomic mass is 16.6. The van der Waals surface area contributed by atoms with Gasteiger partial charge in [0, 0.05) is 18.7 Å². The first-order chi connectivity index (χ1) is 22.5. The number of nitrogens with one attached hydrogen (secondary N) is 1. The maximum Gasteiger partial charge on any atom is 0.330 e. The van der Waals surface area contributed by atoms with Crippen LogP contribution in [0.3, 0.4) is 0 Å². The van der Waals surface area contributed by atoms with Gasteiger partial charge in [-0.3, -0.25) is 19.1 Å². The Morgan fingerprint density at radius 3 is 2.04 bits per heavy atom. The number of nitrogens with zero attached hydrogens (tertiary/aromatic N) is 1. The minimum atomic E-state index is -1.71. The zero-order valence-corrected chi connectivity index (χ0v) is 26.4. The number of aliphatic hydroxyl groups is 1. The van der Waals surface area contributed by atoms with Crippen molar-refractivity contribution >= 4 is 5.97 Å². The molecule has 1 aromatic heterocycles. The predicted molar refractivity (Wildman–Crippen MR) is 170 cm³/mol. The van der Waals surface area contributed by atoms with Gasteiger partial charge in [0.15, 0.2) is 11.7 Å². The fraction of sp³-hybridized carbons (Fsp3) is 0.343. The van der Waals surface area contributed by atoms with Crippen molar-refractivity contribution in [2.75, 3.05) is 20.8 Å². The molecular formula is C35H37N3O9. The number of aromatic amines is 1. The Labute approximate surface area is 270 Å². The summed E-state index contributed by atoms with van der Waals surface area (Å²) in [5.74, 6) is -0.231. The van der Waals surface area contributed by atoms with Crippen molar-refractivity contribution in [1.29, 1.82) is 0 Å². The molecule has 2 heterocycles. The number of benzene rings is 3. The van der Waals surface area contributed by atoms with Gasteiger partial charge >= 0.3 is 11.7 Å². The first-order valence-electron chi connectivity index (χ1n) is 15.1. The van der Waals surface area contributed by atoms with Crippen LogP contribution in [0.2, 0.25) is 0 Å². The van der Waals surface area contributed by atoms with E-state index in [0.29, 0.717) is 11.5 Å². The zero-order valence-electron chi connectivity index (χ0n) is 26.4. The number of aryl methyl sites for hydroxylation is 1. The molecule has 246 valence electrons. The Hall–Kier alpha value is -4.75. The lowest BCUT2D eigenvalue weighted by Crippen LogP contribution is -2.59. The molecular weight excluding hydrogens is 606 g/mol. The van der Waals surface area contributed by atoms with Crippen LogP contribution in [0, 0.1) is 12.8 Å². The lowest BCUT2D eigenvalue weighted by Gasteiger charge is -2.43. The standard InChI is InChI=1S/C35H37N3O9/c1-20-18-38(33(42)37-31(20)41)32-27-28(36)30(46-21(2)39)34(47-32,29(27)40)19-45-35(22-8-6-5-7-9-22,23-10-14-25(43-3)15-11-23)24-12-16-26(44-4)17-13-24/h5-18,27-30,32,40H,19,36H2,1-4H3,(H,37,41,42)/t27-,28+,29+,30+,32-,34-/m1/s1. The van der Waals surface area contributed by atoms with Crippen LogP contribution in [0.4, 0.5) is 0 Å². The van der Waals surface area contributed by atoms with Crippen LogP contribution in [0.5, 0.6) is 11.5 Å². The average Bonchev–Trinajstić information content (AvgIpc) is 3.47. The molecule has 4 N–H and O–H groups in total. The lowest BCUT2D eigenvalue weighted by atomic mass is 9.79. The van der Waals surface area contributed by atoms with Crippen LogP contribution < -0.4 is 26.5 Å². The molecule has 6 rings (SSSR count). The van der Waals surface area contributed by atoms with Gasteiger partial charge < -0.3 is 34.5 Å². The molecule has 2 bridgehead atoms. The normalized spacial score (nSPS) is 25.0. The number of ether oxygens (including phenoxy) is 5. The topological polar surface area (TPSA) is 164 Å². The third-order valence-electron chi connectivity index (χ3n) is 9.21. The Bertz CT molecular complexity index is 1810. The summed E-state index contributed by atoms with van der Waals surface area (Å²) in [4.78, 5) is 39.8. The summed E-state index contributed by atoms with van der Waals surface area (Å²) in [5.41, 5.74) is 4.88. The highest BCUT2D eigenvalue weighted by Crippen LogP contribution is 2.54. The van der Waals surface area contributed by atoms with Crippen LogP contribution >= 0.6 is 0 Å². The van der Waals surface area contributed by atoms with Crippen LogP contribution in [-0.4, -0.2) is 65.3 Å². The molecule has 0 unspecified atom stereocenters. The van der Waals surface area contributed by atoms with Gasteiger partial charge in [0.25, 0.3) is 5.56 Å². The van der Waals surface area contributed by atoms with Crippen LogP contribution in [0.25, 0.3) is 0 Å². The van der Waals surface area contributed by atoms with Gasteiger partial charge in [-0.2, -0.15) is 0 Å². The van der Waals surface area contributed by atoms with Crippen LogP contribution in [0.15, 0.2) is 94.6 Å². The fourth-order valence-corrected chi connectivity index (χ4v) is 6.89. The second-order valence-electron chi connectivity index (χ2n) is 11.9. The third-order valence-corrected chi connectivity index (χ3v) is 9.21. The highest BCUT2D eigenvalue weighted by molar-refractivity contribution is 5.66. The molecule has 0 amide bonds. The van der Waals surface area contributed by atoms with Gasteiger partial charge in [-0.05, 0) is 47.9 Å². The van der Waals surface area contributed by atoms with E-state index in [1.807, 2.05) is 78.9 Å². The molecule has 1 saturated carbocycles. The molecule has 0 radical (unpaired) electrons. The Morgan fingerprint density at radius 2 is 1.51 bits per heavy atom. The molecule has 1 saturated heterocycles. The fourth-order valence-electron chi connectivity index (χ4n) is 6.89. The van der Waals surface area contributed by atoms with Gasteiger partial charge in [0.1, 0.15) is 23.3 Å². The second-order valence-corrected chi connectivity index (χ2v) is 11.9. The van der Waals surface area contributed by atoms with E-state index in [4.69, 9.17) is 29.4 Å². The Morgan fingerprint density at radius 1 is 0.957 bits per heavy atom. The van der Waals surface area contributed by atoms with Crippen molar-refractivity contribution in [2.45, 2.75) is 49.5 Å². The summed E-state index contributed by atoms with van der Waals surface area (Å²) in [6, 6.07) is 23.4. The smallest absolute Gasteiger partial charge is 0.330 e. The minimum absolute atomic E-state index is 0.267. The number of aromatic nitrogens is 2. The van der Waals surface area contributed by atoms with E-state index in [-0.39, 0.29) is 12.2 Å². The van der Waals surface area contributed by atoms with Crippen molar-refractivity contribution in [2.24, 2.45) is 11.7 Å². The van der Waals surface area contributed by atoms with E-state index < -0.39 is 58.8 Å². The summed E-state index contributed by atoms with van der Waals surface area (Å²) in [7, 11) is 3.16. The lowest BCUT2D eigenvalue weighted by molar-refractivity contribution is -0.225. The predicted octanol–water partition coefficient (Wildman–Crippen LogP) is 2.39. The molecule has 4 aromatic rings. The summed E-state index contributed by atoms with van der Waals surface area (Å²) in [6.07, 6.45) is -2.18. The molecule has 1 aliphatic heterocycles. The maximum absolute atomic E-state index is 13.0. The molecule has 12 heteroatoms. The van der Waals surface area contributed by atoms with Gasteiger partial charge in [-0.25, -0.2) is 4.79 Å². The van der Waals surface area contributed by atoms with E-state index >= 15 is 0 Å². The SMILES string of the molecule is COc1ccc(C(OC[C@]23O[C@@H](n4cc(C)c(=O)[nH]c4=O)[C@H]([C@H](N)[C@@H]2OC(C)=O)[C@@H]3O)(c2ccccc2)c2ccc(OC)cc2)cc1. The first-order valence-corrected chi connectivity index (χ1v) is 15.1. The Kier molecular flexibility index (Phi) is 8.53. The highest BCUT2D eigenvalue weighted by Gasteiger charge is 2.71. The number of hydrogen-bond acceptors (Lipinski definition) is 10. The van der Waals surface area contributed by atoms with E-state index in [9.17, 15) is 19.5 Å². The van der Waals surface area contributed by atoms with Crippen molar-refractivity contribution in [3.05, 3.63) is 128 Å². The number of carbonyl (C=O) groups is 1. The number of H-pyrrole nitrogens is 1. The molecule has 3 aromatic carbocycles. The average molecular weight is 644 g/mol. The number of methoxy groups -OCH3 is 2. The molecule has 1 aliphatic carbocycles. The zero-order chi connectivity index (χ0) is 33.5. The maximum atomic E-state index is 13.0. The second kappa shape index (κ2) is 12.5. The first kappa shape index (κ1) is 32.2. The monoisotopic (exact) mass is 643 g/mol. The van der Waals surface area contributed by atoms with Gasteiger partial charge in [-0.15, -0.1) is 0 Å². The molecule has 2 aliphatic rings. The molecule has 6 atom stereocenters. The van der Waals surface area contributed by atoms with E-state index in [2.05, 4.69) is 4.98 Å². The van der Waals surface area contributed by atoms with Gasteiger partial charge in [-0.1, -0.05) is 54.6 Å². The number of hydrogen-bond donors (Lipinski definition) is 3. The summed E-state index contributed by atoms with van der Waals surface area (Å²) in [6.45, 7) is 2.48. The minimum Gasteiger partial charge on any atom is -0.497 e. The van der Waals surface area contributed by atoms with Crippen LogP contribution in [0.1, 0.15) is 35.4 Å². The van der Waals surface area contributed by atoms with Crippen LogP contribution in [-0.2, 0) is 24.6 Å². The van der Waals surface area contributed by atoms with Crippen molar-refractivity contribution in [3.8, 4) is 11.5 Å². The summed E-state index contributed by atoms with van der Waals surface area (Å²) < 4.78 is 31.4. The number of esters is 1. The third kappa shape index (κ3) is 5.32. The number of rotatable bonds is 10. The number of carbonyl (C=O) groups excluding carboxylic acids is 1. The van der Waals surface area contributed by atoms with Gasteiger partial charge in [0.05, 0.1) is 38.9 Å². The quantitative estimate of drug-likeness (QED) is 0.173. The van der Waals surface area contributed by atoms with Crippen molar-refractivity contribution in [1.82, 2.24) is 9.55 Å². The number of fused-ring (bicyclic) bond motifs is 2. The Balaban J connectivity index is 1.51. The molecule has 2 fully saturated rings. The summed E-state index contributed by atoms with van der Waals surface area (Å²) >= 11 is 0. The number of nitrogens with two attached hydrogens (primary N) is 1. The number of aliphatic hydroxyl groups excluding tert-OH is 1. The van der Waals surface area contributed by atoms with E-state index in [0.717, 1.165) is 16.7 Å². The van der Waals surface area contributed by atoms with Crippen molar-refractivity contribution < 1.29 is 33.6 Å². The molecule has 0 spiro atoms. The molecule has 47 heavy (non-hydrogen) atoms. The van der Waals surface area contributed by atoms with E-state index in [1.165, 1.54) is 17.7 Å².